The van der Waals surface area contributed by atoms with Crippen LogP contribution in [0.1, 0.15) is 56.4 Å². The van der Waals surface area contributed by atoms with Gasteiger partial charge in [0.15, 0.2) is 0 Å². The molecule has 104 valence electrons. The van der Waals surface area contributed by atoms with Gasteiger partial charge in [-0.3, -0.25) is 0 Å². The lowest BCUT2D eigenvalue weighted by molar-refractivity contribution is 0.303. The van der Waals surface area contributed by atoms with Gasteiger partial charge in [-0.15, -0.1) is 0 Å². The molecule has 0 heterocycles. The van der Waals surface area contributed by atoms with Crippen molar-refractivity contribution in [1.29, 1.82) is 0 Å². The first-order valence-electron chi connectivity index (χ1n) is 7.79. The Kier molecular flexibility index (Phi) is 4.07. The maximum absolute atomic E-state index is 5.82. The van der Waals surface area contributed by atoms with Crippen LogP contribution in [0.25, 0.3) is 0 Å². The summed E-state index contributed by atoms with van der Waals surface area (Å²) in [6.45, 7) is 0. The summed E-state index contributed by atoms with van der Waals surface area (Å²) in [5.74, 6) is 1.76. The molecule has 2 aliphatic carbocycles. The van der Waals surface area contributed by atoms with Crippen molar-refractivity contribution in [3.63, 3.8) is 0 Å². The van der Waals surface area contributed by atoms with E-state index < -0.39 is 0 Å². The third-order valence-electron chi connectivity index (χ3n) is 4.51. The fourth-order valence-electron chi connectivity index (χ4n) is 3.12. The van der Waals surface area contributed by atoms with Crippen LogP contribution in [0, 0.1) is 0 Å². The van der Waals surface area contributed by atoms with Gasteiger partial charge in [0.2, 0.25) is 0 Å². The average Bonchev–Trinajstić information content (AvgIpc) is 3.26. The summed E-state index contributed by atoms with van der Waals surface area (Å²) in [4.78, 5) is 0. The zero-order valence-electron chi connectivity index (χ0n) is 11.9. The molecule has 2 saturated carbocycles. The van der Waals surface area contributed by atoms with Gasteiger partial charge in [-0.1, -0.05) is 25.0 Å². The van der Waals surface area contributed by atoms with Gasteiger partial charge in [0.1, 0.15) is 5.75 Å². The summed E-state index contributed by atoms with van der Waals surface area (Å²) < 4.78 is 5.82. The molecule has 2 fully saturated rings. The summed E-state index contributed by atoms with van der Waals surface area (Å²) in [6, 6.07) is 9.57. The SMILES string of the molecule is CNC1CCCCC(c2ccc(OC3CC3)cc2)C1. The maximum Gasteiger partial charge on any atom is 0.119 e. The fraction of sp³-hybridized carbons (Fsp3) is 0.647. The number of rotatable bonds is 4. The van der Waals surface area contributed by atoms with Crippen LogP contribution in [0.5, 0.6) is 5.75 Å². The molecule has 0 saturated heterocycles. The molecule has 0 aliphatic heterocycles. The van der Waals surface area contributed by atoms with Crippen LogP contribution in [0.2, 0.25) is 0 Å². The van der Waals surface area contributed by atoms with Crippen molar-refractivity contribution in [1.82, 2.24) is 5.32 Å². The van der Waals surface area contributed by atoms with Gasteiger partial charge in [-0.05, 0) is 62.8 Å². The highest BCUT2D eigenvalue weighted by Gasteiger charge is 2.24. The van der Waals surface area contributed by atoms with Crippen molar-refractivity contribution in [2.24, 2.45) is 0 Å². The van der Waals surface area contributed by atoms with Crippen LogP contribution in [-0.2, 0) is 0 Å². The molecule has 0 amide bonds. The van der Waals surface area contributed by atoms with Gasteiger partial charge in [0, 0.05) is 6.04 Å². The van der Waals surface area contributed by atoms with Gasteiger partial charge >= 0.3 is 0 Å². The minimum absolute atomic E-state index is 0.498. The monoisotopic (exact) mass is 259 g/mol. The second kappa shape index (κ2) is 5.96. The van der Waals surface area contributed by atoms with E-state index in [4.69, 9.17) is 4.74 Å². The van der Waals surface area contributed by atoms with Crippen molar-refractivity contribution in [2.75, 3.05) is 7.05 Å². The third-order valence-corrected chi connectivity index (χ3v) is 4.51. The zero-order chi connectivity index (χ0) is 13.1. The molecule has 2 atom stereocenters. The Morgan fingerprint density at radius 2 is 1.74 bits per heavy atom. The number of hydrogen-bond acceptors (Lipinski definition) is 2. The van der Waals surface area contributed by atoms with Crippen molar-refractivity contribution >= 4 is 0 Å². The molecular weight excluding hydrogens is 234 g/mol. The van der Waals surface area contributed by atoms with Gasteiger partial charge in [-0.25, -0.2) is 0 Å². The molecule has 0 aromatic heterocycles. The fourth-order valence-corrected chi connectivity index (χ4v) is 3.12. The molecule has 2 unspecified atom stereocenters. The minimum Gasteiger partial charge on any atom is -0.490 e. The second-order valence-corrected chi connectivity index (χ2v) is 6.09. The maximum atomic E-state index is 5.82. The molecule has 2 heteroatoms. The van der Waals surface area contributed by atoms with Crippen molar-refractivity contribution < 1.29 is 4.74 Å². The second-order valence-electron chi connectivity index (χ2n) is 6.09. The molecule has 3 rings (SSSR count). The Morgan fingerprint density at radius 1 is 1.00 bits per heavy atom. The number of benzene rings is 1. The predicted molar refractivity (Wildman–Crippen MR) is 78.8 cm³/mol. The molecule has 1 aromatic carbocycles. The van der Waals surface area contributed by atoms with E-state index in [9.17, 15) is 0 Å². The van der Waals surface area contributed by atoms with E-state index in [0.29, 0.717) is 12.1 Å². The van der Waals surface area contributed by atoms with Gasteiger partial charge in [0.05, 0.1) is 6.10 Å². The molecule has 2 nitrogen and oxygen atoms in total. The summed E-state index contributed by atoms with van der Waals surface area (Å²) in [5, 5.41) is 3.46. The van der Waals surface area contributed by atoms with Crippen LogP contribution in [0.4, 0.5) is 0 Å². The lowest BCUT2D eigenvalue weighted by Crippen LogP contribution is -2.25. The highest BCUT2D eigenvalue weighted by molar-refractivity contribution is 5.30. The Morgan fingerprint density at radius 3 is 2.42 bits per heavy atom. The van der Waals surface area contributed by atoms with E-state index >= 15 is 0 Å². The van der Waals surface area contributed by atoms with Crippen LogP contribution < -0.4 is 10.1 Å². The molecule has 0 radical (unpaired) electrons. The van der Waals surface area contributed by atoms with E-state index in [1.54, 1.807) is 0 Å². The van der Waals surface area contributed by atoms with E-state index in [1.165, 1.54) is 50.5 Å². The van der Waals surface area contributed by atoms with E-state index in [-0.39, 0.29) is 0 Å². The van der Waals surface area contributed by atoms with Crippen molar-refractivity contribution in [3.8, 4) is 5.75 Å². The Balaban J connectivity index is 1.65. The third kappa shape index (κ3) is 3.50. The van der Waals surface area contributed by atoms with Gasteiger partial charge in [-0.2, -0.15) is 0 Å². The highest BCUT2D eigenvalue weighted by atomic mass is 16.5. The molecule has 19 heavy (non-hydrogen) atoms. The van der Waals surface area contributed by atoms with Crippen molar-refractivity contribution in [2.45, 2.75) is 63.0 Å². The Labute approximate surface area is 116 Å². The number of nitrogens with one attached hydrogen (secondary N) is 1. The highest BCUT2D eigenvalue weighted by Crippen LogP contribution is 2.33. The first kappa shape index (κ1) is 13.0. The molecule has 0 bridgehead atoms. The topological polar surface area (TPSA) is 21.3 Å². The number of ether oxygens (including phenoxy) is 1. The van der Waals surface area contributed by atoms with Crippen LogP contribution in [-0.4, -0.2) is 19.2 Å². The van der Waals surface area contributed by atoms with Gasteiger partial charge in [0.25, 0.3) is 0 Å². The standard InChI is InChI=1S/C17H25NO/c1-18-15-5-3-2-4-14(12-15)13-6-8-16(9-7-13)19-17-10-11-17/h6-9,14-15,17-18H,2-5,10-12H2,1H3. The first-order valence-corrected chi connectivity index (χ1v) is 7.79. The average molecular weight is 259 g/mol. The van der Waals surface area contributed by atoms with Gasteiger partial charge < -0.3 is 10.1 Å². The molecule has 2 aliphatic rings. The zero-order valence-corrected chi connectivity index (χ0v) is 11.9. The first-order chi connectivity index (χ1) is 9.35. The van der Waals surface area contributed by atoms with Crippen LogP contribution >= 0.6 is 0 Å². The smallest absolute Gasteiger partial charge is 0.119 e. The van der Waals surface area contributed by atoms with Crippen LogP contribution in [0.15, 0.2) is 24.3 Å². The van der Waals surface area contributed by atoms with E-state index in [0.717, 1.165) is 11.7 Å². The largest absolute Gasteiger partial charge is 0.490 e. The lowest BCUT2D eigenvalue weighted by atomic mass is 9.90. The normalized spacial score (nSPS) is 27.8. The molecule has 0 spiro atoms. The number of hydrogen-bond donors (Lipinski definition) is 1. The lowest BCUT2D eigenvalue weighted by Gasteiger charge is -2.20. The summed E-state index contributed by atoms with van der Waals surface area (Å²) >= 11 is 0. The summed E-state index contributed by atoms with van der Waals surface area (Å²) in [7, 11) is 2.10. The molecule has 1 N–H and O–H groups in total. The summed E-state index contributed by atoms with van der Waals surface area (Å²) in [5.41, 5.74) is 1.49. The molecular formula is C17H25NO. The van der Waals surface area contributed by atoms with E-state index in [2.05, 4.69) is 36.6 Å². The van der Waals surface area contributed by atoms with Crippen molar-refractivity contribution in [3.05, 3.63) is 29.8 Å². The van der Waals surface area contributed by atoms with E-state index in [1.807, 2.05) is 0 Å². The Hall–Kier alpha value is -1.02. The predicted octanol–water partition coefficient (Wildman–Crippen LogP) is 3.86. The van der Waals surface area contributed by atoms with Crippen LogP contribution in [0.3, 0.4) is 0 Å². The quantitative estimate of drug-likeness (QED) is 0.829. The minimum atomic E-state index is 0.498. The summed E-state index contributed by atoms with van der Waals surface area (Å²) in [6.07, 6.45) is 9.63. The molecule has 1 aromatic rings. The Bertz CT molecular complexity index is 396.